The third kappa shape index (κ3) is 2.99. The Kier molecular flexibility index (Phi) is 4.42. The van der Waals surface area contributed by atoms with Crippen LogP contribution in [0, 0.1) is 0 Å². The highest BCUT2D eigenvalue weighted by atomic mass is 79.9. The number of hydrogen-bond acceptors (Lipinski definition) is 6. The topological polar surface area (TPSA) is 69.2 Å². The number of benzene rings is 1. The van der Waals surface area contributed by atoms with Crippen LogP contribution in [0.15, 0.2) is 16.6 Å². The predicted octanol–water partition coefficient (Wildman–Crippen LogP) is 3.10. The SMILES string of the molecule is CCc1nnc(NCc2cc(Br)c3c(c2)OCO3)nc1CC. The van der Waals surface area contributed by atoms with Gasteiger partial charge in [0.1, 0.15) is 0 Å². The van der Waals surface area contributed by atoms with Crippen LogP contribution in [0.5, 0.6) is 11.5 Å². The lowest BCUT2D eigenvalue weighted by Crippen LogP contribution is -2.09. The van der Waals surface area contributed by atoms with Gasteiger partial charge in [0.05, 0.1) is 15.9 Å². The highest BCUT2D eigenvalue weighted by Crippen LogP contribution is 2.40. The summed E-state index contributed by atoms with van der Waals surface area (Å²) in [5.41, 5.74) is 3.00. The van der Waals surface area contributed by atoms with Crippen molar-refractivity contribution in [3.8, 4) is 11.5 Å². The fourth-order valence-electron chi connectivity index (χ4n) is 2.32. The van der Waals surface area contributed by atoms with Crippen molar-refractivity contribution in [2.75, 3.05) is 12.1 Å². The van der Waals surface area contributed by atoms with Crippen molar-refractivity contribution in [1.29, 1.82) is 0 Å². The molecule has 22 heavy (non-hydrogen) atoms. The van der Waals surface area contributed by atoms with Crippen molar-refractivity contribution in [2.45, 2.75) is 33.2 Å². The van der Waals surface area contributed by atoms with Crippen molar-refractivity contribution in [3.05, 3.63) is 33.6 Å². The van der Waals surface area contributed by atoms with Crippen molar-refractivity contribution in [3.63, 3.8) is 0 Å². The Labute approximate surface area is 137 Å². The molecule has 2 heterocycles. The number of fused-ring (bicyclic) bond motifs is 1. The van der Waals surface area contributed by atoms with E-state index >= 15 is 0 Å². The molecule has 2 aromatic rings. The van der Waals surface area contributed by atoms with Gasteiger partial charge in [0, 0.05) is 6.54 Å². The predicted molar refractivity (Wildman–Crippen MR) is 86.2 cm³/mol. The van der Waals surface area contributed by atoms with Crippen LogP contribution in [0.3, 0.4) is 0 Å². The van der Waals surface area contributed by atoms with E-state index in [0.717, 1.165) is 45.8 Å². The standard InChI is InChI=1S/C15H17BrN4O2/c1-3-11-12(4-2)19-20-15(18-11)17-7-9-5-10(16)14-13(6-9)21-8-22-14/h5-6H,3-4,7-8H2,1-2H3,(H,17,18,20). The van der Waals surface area contributed by atoms with Gasteiger partial charge in [0.25, 0.3) is 0 Å². The molecule has 1 N–H and O–H groups in total. The van der Waals surface area contributed by atoms with Crippen molar-refractivity contribution in [1.82, 2.24) is 15.2 Å². The second-order valence-corrected chi connectivity index (χ2v) is 5.76. The van der Waals surface area contributed by atoms with Crippen LogP contribution in [-0.4, -0.2) is 22.0 Å². The molecular formula is C15H17BrN4O2. The molecule has 0 amide bonds. The molecule has 0 atom stereocenters. The van der Waals surface area contributed by atoms with Crippen LogP contribution in [-0.2, 0) is 19.4 Å². The zero-order valence-corrected chi connectivity index (χ0v) is 14.1. The number of aryl methyl sites for hydroxylation is 2. The van der Waals surface area contributed by atoms with Crippen molar-refractivity contribution < 1.29 is 9.47 Å². The molecule has 0 saturated heterocycles. The zero-order chi connectivity index (χ0) is 15.5. The average Bonchev–Trinajstić information content (AvgIpc) is 3.01. The maximum Gasteiger partial charge on any atom is 0.243 e. The number of anilines is 1. The summed E-state index contributed by atoms with van der Waals surface area (Å²) >= 11 is 3.49. The summed E-state index contributed by atoms with van der Waals surface area (Å²) in [4.78, 5) is 4.52. The third-order valence-electron chi connectivity index (χ3n) is 3.45. The van der Waals surface area contributed by atoms with Gasteiger partial charge in [-0.15, -0.1) is 5.10 Å². The number of ether oxygens (including phenoxy) is 2. The number of hydrogen-bond donors (Lipinski definition) is 1. The number of rotatable bonds is 5. The summed E-state index contributed by atoms with van der Waals surface area (Å²) in [5.74, 6) is 2.05. The van der Waals surface area contributed by atoms with E-state index in [4.69, 9.17) is 9.47 Å². The van der Waals surface area contributed by atoms with Gasteiger partial charge < -0.3 is 14.8 Å². The van der Waals surface area contributed by atoms with Gasteiger partial charge in [0.15, 0.2) is 11.5 Å². The van der Waals surface area contributed by atoms with Gasteiger partial charge in [-0.2, -0.15) is 5.10 Å². The average molecular weight is 365 g/mol. The van der Waals surface area contributed by atoms with E-state index in [2.05, 4.69) is 50.3 Å². The Morgan fingerprint density at radius 1 is 1.14 bits per heavy atom. The Hall–Kier alpha value is -1.89. The number of nitrogens with one attached hydrogen (secondary N) is 1. The van der Waals surface area contributed by atoms with E-state index in [0.29, 0.717) is 12.5 Å². The second-order valence-electron chi connectivity index (χ2n) is 4.90. The summed E-state index contributed by atoms with van der Waals surface area (Å²) in [7, 11) is 0. The first-order valence-corrected chi connectivity index (χ1v) is 8.05. The van der Waals surface area contributed by atoms with E-state index in [1.54, 1.807) is 0 Å². The Morgan fingerprint density at radius 2 is 1.95 bits per heavy atom. The fraction of sp³-hybridized carbons (Fsp3) is 0.400. The lowest BCUT2D eigenvalue weighted by molar-refractivity contribution is 0.173. The Bertz CT molecular complexity index is 693. The Morgan fingerprint density at radius 3 is 2.73 bits per heavy atom. The van der Waals surface area contributed by atoms with E-state index < -0.39 is 0 Å². The van der Waals surface area contributed by atoms with Crippen LogP contribution in [0.2, 0.25) is 0 Å². The molecule has 116 valence electrons. The summed E-state index contributed by atoms with van der Waals surface area (Å²) < 4.78 is 11.7. The minimum Gasteiger partial charge on any atom is -0.454 e. The first-order chi connectivity index (χ1) is 10.7. The molecule has 0 spiro atoms. The Balaban J connectivity index is 1.74. The molecule has 6 nitrogen and oxygen atoms in total. The molecule has 0 saturated carbocycles. The van der Waals surface area contributed by atoms with Gasteiger partial charge >= 0.3 is 0 Å². The summed E-state index contributed by atoms with van der Waals surface area (Å²) in [6.07, 6.45) is 1.70. The second kappa shape index (κ2) is 6.48. The highest BCUT2D eigenvalue weighted by Gasteiger charge is 2.18. The van der Waals surface area contributed by atoms with E-state index in [1.165, 1.54) is 0 Å². The highest BCUT2D eigenvalue weighted by molar-refractivity contribution is 9.10. The van der Waals surface area contributed by atoms with Crippen LogP contribution in [0.4, 0.5) is 5.95 Å². The monoisotopic (exact) mass is 364 g/mol. The molecule has 0 fully saturated rings. The smallest absolute Gasteiger partial charge is 0.243 e. The largest absolute Gasteiger partial charge is 0.454 e. The number of aromatic nitrogens is 3. The van der Waals surface area contributed by atoms with Gasteiger partial charge in [-0.25, -0.2) is 4.98 Å². The quantitative estimate of drug-likeness (QED) is 0.878. The van der Waals surface area contributed by atoms with Crippen LogP contribution >= 0.6 is 15.9 Å². The van der Waals surface area contributed by atoms with Crippen molar-refractivity contribution >= 4 is 21.9 Å². The first-order valence-electron chi connectivity index (χ1n) is 7.25. The molecule has 0 bridgehead atoms. The minimum atomic E-state index is 0.260. The molecule has 0 aliphatic carbocycles. The van der Waals surface area contributed by atoms with Crippen LogP contribution in [0.1, 0.15) is 30.8 Å². The lowest BCUT2D eigenvalue weighted by Gasteiger charge is -2.09. The molecule has 0 radical (unpaired) electrons. The zero-order valence-electron chi connectivity index (χ0n) is 12.5. The molecule has 1 aliphatic rings. The molecule has 1 aromatic carbocycles. The number of halogens is 1. The summed E-state index contributed by atoms with van der Waals surface area (Å²) in [5, 5.41) is 11.6. The van der Waals surface area contributed by atoms with Gasteiger partial charge in [-0.05, 0) is 46.5 Å². The maximum absolute atomic E-state index is 5.42. The third-order valence-corrected chi connectivity index (χ3v) is 4.04. The molecule has 7 heteroatoms. The number of nitrogens with zero attached hydrogens (tertiary/aromatic N) is 3. The first kappa shape index (κ1) is 15.0. The molecular weight excluding hydrogens is 348 g/mol. The summed E-state index contributed by atoms with van der Waals surface area (Å²) in [6, 6.07) is 3.95. The van der Waals surface area contributed by atoms with Gasteiger partial charge in [-0.1, -0.05) is 13.8 Å². The molecule has 3 rings (SSSR count). The minimum absolute atomic E-state index is 0.260. The van der Waals surface area contributed by atoms with Crippen LogP contribution < -0.4 is 14.8 Å². The van der Waals surface area contributed by atoms with Crippen LogP contribution in [0.25, 0.3) is 0 Å². The van der Waals surface area contributed by atoms with Gasteiger partial charge in [-0.3, -0.25) is 0 Å². The van der Waals surface area contributed by atoms with E-state index in [1.807, 2.05) is 12.1 Å². The molecule has 1 aromatic heterocycles. The fourth-order valence-corrected chi connectivity index (χ4v) is 2.92. The van der Waals surface area contributed by atoms with Crippen molar-refractivity contribution in [2.24, 2.45) is 0 Å². The van der Waals surface area contributed by atoms with E-state index in [9.17, 15) is 0 Å². The van der Waals surface area contributed by atoms with Gasteiger partial charge in [0.2, 0.25) is 12.7 Å². The molecule has 0 unspecified atom stereocenters. The maximum atomic E-state index is 5.42. The molecule has 1 aliphatic heterocycles. The van der Waals surface area contributed by atoms with E-state index in [-0.39, 0.29) is 6.79 Å². The lowest BCUT2D eigenvalue weighted by atomic mass is 10.2. The normalized spacial score (nSPS) is 12.5. The summed E-state index contributed by atoms with van der Waals surface area (Å²) in [6.45, 7) is 4.98.